The van der Waals surface area contributed by atoms with Crippen LogP contribution in [0.3, 0.4) is 0 Å². The van der Waals surface area contributed by atoms with Crippen LogP contribution in [-0.2, 0) is 4.79 Å². The van der Waals surface area contributed by atoms with E-state index in [9.17, 15) is 9.59 Å². The number of aromatic amines is 1. The van der Waals surface area contributed by atoms with Crippen LogP contribution in [0.15, 0.2) is 30.5 Å². The lowest BCUT2D eigenvalue weighted by atomic mass is 10.1. The third-order valence-corrected chi connectivity index (χ3v) is 4.16. The second-order valence-electron chi connectivity index (χ2n) is 5.51. The number of nitrogens with zero attached hydrogens (tertiary/aromatic N) is 1. The molecule has 2 N–H and O–H groups in total. The molecule has 1 amide bonds. The van der Waals surface area contributed by atoms with E-state index < -0.39 is 5.97 Å². The van der Waals surface area contributed by atoms with E-state index in [4.69, 9.17) is 5.11 Å². The van der Waals surface area contributed by atoms with Crippen molar-refractivity contribution in [3.05, 3.63) is 36.0 Å². The summed E-state index contributed by atoms with van der Waals surface area (Å²) in [6, 6.07) is 7.39. The average Bonchev–Trinajstić information content (AvgIpc) is 3.13. The van der Waals surface area contributed by atoms with E-state index >= 15 is 0 Å². The van der Waals surface area contributed by atoms with Gasteiger partial charge >= 0.3 is 5.97 Å². The van der Waals surface area contributed by atoms with Crippen LogP contribution in [0.25, 0.3) is 10.9 Å². The number of hydrogen-bond donors (Lipinski definition) is 2. The SMILES string of the molecule is O=C(O)CN(C(=O)c1cccc2[nH]ccc12)C1CCCC1. The number of aromatic nitrogens is 1. The first-order chi connectivity index (χ1) is 10.2. The zero-order chi connectivity index (χ0) is 14.8. The van der Waals surface area contributed by atoms with E-state index in [0.29, 0.717) is 5.56 Å². The number of carboxylic acids is 1. The van der Waals surface area contributed by atoms with Gasteiger partial charge in [0.25, 0.3) is 5.91 Å². The van der Waals surface area contributed by atoms with E-state index in [0.717, 1.165) is 36.6 Å². The highest BCUT2D eigenvalue weighted by molar-refractivity contribution is 6.07. The summed E-state index contributed by atoms with van der Waals surface area (Å²) in [5.41, 5.74) is 1.46. The Hall–Kier alpha value is -2.30. The molecule has 0 saturated heterocycles. The van der Waals surface area contributed by atoms with Gasteiger partial charge in [0, 0.05) is 28.7 Å². The van der Waals surface area contributed by atoms with Crippen molar-refractivity contribution in [2.45, 2.75) is 31.7 Å². The smallest absolute Gasteiger partial charge is 0.323 e. The molecule has 1 fully saturated rings. The van der Waals surface area contributed by atoms with E-state index in [-0.39, 0.29) is 18.5 Å². The summed E-state index contributed by atoms with van der Waals surface area (Å²) in [7, 11) is 0. The predicted octanol–water partition coefficient (Wildman–Crippen LogP) is 2.64. The Balaban J connectivity index is 1.96. The fourth-order valence-corrected chi connectivity index (χ4v) is 3.15. The number of carboxylic acid groups (broad SMARTS) is 1. The number of H-pyrrole nitrogens is 1. The first kappa shape index (κ1) is 13.7. The number of carbonyl (C=O) groups excluding carboxylic acids is 1. The molecule has 5 nitrogen and oxygen atoms in total. The van der Waals surface area contributed by atoms with Gasteiger partial charge in [-0.25, -0.2) is 0 Å². The van der Waals surface area contributed by atoms with Crippen molar-refractivity contribution in [3.63, 3.8) is 0 Å². The van der Waals surface area contributed by atoms with Gasteiger partial charge in [0.15, 0.2) is 0 Å². The van der Waals surface area contributed by atoms with Crippen molar-refractivity contribution in [1.29, 1.82) is 0 Å². The summed E-state index contributed by atoms with van der Waals surface area (Å²) in [6.45, 7) is -0.232. The molecule has 0 atom stereocenters. The van der Waals surface area contributed by atoms with Gasteiger partial charge in [0.05, 0.1) is 0 Å². The van der Waals surface area contributed by atoms with Gasteiger partial charge in [-0.1, -0.05) is 18.9 Å². The summed E-state index contributed by atoms with van der Waals surface area (Å²) in [6.07, 6.45) is 5.69. The van der Waals surface area contributed by atoms with Gasteiger partial charge in [-0.15, -0.1) is 0 Å². The van der Waals surface area contributed by atoms with Gasteiger partial charge in [0.1, 0.15) is 6.54 Å². The van der Waals surface area contributed by atoms with E-state index in [1.165, 1.54) is 4.90 Å². The molecular formula is C16H18N2O3. The summed E-state index contributed by atoms with van der Waals surface area (Å²) in [5.74, 6) is -1.15. The molecule has 21 heavy (non-hydrogen) atoms. The third kappa shape index (κ3) is 2.63. The van der Waals surface area contributed by atoms with Gasteiger partial charge in [-0.05, 0) is 31.0 Å². The van der Waals surface area contributed by atoms with Gasteiger partial charge in [-0.2, -0.15) is 0 Å². The van der Waals surface area contributed by atoms with Gasteiger partial charge in [-0.3, -0.25) is 9.59 Å². The molecule has 0 aliphatic heterocycles. The molecule has 5 heteroatoms. The molecule has 0 unspecified atom stereocenters. The third-order valence-electron chi connectivity index (χ3n) is 4.16. The molecule has 1 aromatic heterocycles. The minimum Gasteiger partial charge on any atom is -0.480 e. The minimum atomic E-state index is -0.962. The van der Waals surface area contributed by atoms with Crippen molar-refractivity contribution in [3.8, 4) is 0 Å². The highest BCUT2D eigenvalue weighted by Gasteiger charge is 2.29. The standard InChI is InChI=1S/C16H18N2O3/c19-15(20)10-18(11-4-1-2-5-11)16(21)13-6-3-7-14-12(13)8-9-17-14/h3,6-9,11,17H,1-2,4-5,10H2,(H,19,20). The molecule has 1 aliphatic carbocycles. The maximum atomic E-state index is 12.8. The Labute approximate surface area is 122 Å². The lowest BCUT2D eigenvalue weighted by Crippen LogP contribution is -2.42. The summed E-state index contributed by atoms with van der Waals surface area (Å²) >= 11 is 0. The lowest BCUT2D eigenvalue weighted by molar-refractivity contribution is -0.138. The summed E-state index contributed by atoms with van der Waals surface area (Å²) in [5, 5.41) is 9.96. The predicted molar refractivity (Wildman–Crippen MR) is 79.2 cm³/mol. The van der Waals surface area contributed by atoms with Crippen molar-refractivity contribution in [2.24, 2.45) is 0 Å². The molecule has 0 radical (unpaired) electrons. The summed E-state index contributed by atoms with van der Waals surface area (Å²) in [4.78, 5) is 28.5. The topological polar surface area (TPSA) is 73.4 Å². The Bertz CT molecular complexity index is 671. The molecule has 2 aromatic rings. The second-order valence-corrected chi connectivity index (χ2v) is 5.51. The number of nitrogens with one attached hydrogen (secondary N) is 1. The zero-order valence-electron chi connectivity index (χ0n) is 11.7. The highest BCUT2D eigenvalue weighted by Crippen LogP contribution is 2.26. The van der Waals surface area contributed by atoms with Crippen molar-refractivity contribution in [1.82, 2.24) is 9.88 Å². The number of aliphatic carboxylic acids is 1. The van der Waals surface area contributed by atoms with Crippen LogP contribution in [0.4, 0.5) is 0 Å². The fourth-order valence-electron chi connectivity index (χ4n) is 3.15. The number of fused-ring (bicyclic) bond motifs is 1. The molecule has 110 valence electrons. The van der Waals surface area contributed by atoms with E-state index in [2.05, 4.69) is 4.98 Å². The van der Waals surface area contributed by atoms with E-state index in [1.54, 1.807) is 12.3 Å². The first-order valence-corrected chi connectivity index (χ1v) is 7.25. The molecule has 0 bridgehead atoms. The molecular weight excluding hydrogens is 268 g/mol. The lowest BCUT2D eigenvalue weighted by Gasteiger charge is -2.27. The highest BCUT2D eigenvalue weighted by atomic mass is 16.4. The van der Waals surface area contributed by atoms with Crippen molar-refractivity contribution < 1.29 is 14.7 Å². The van der Waals surface area contributed by atoms with Crippen LogP contribution in [0.2, 0.25) is 0 Å². The van der Waals surface area contributed by atoms with Crippen LogP contribution in [-0.4, -0.2) is 39.5 Å². The van der Waals surface area contributed by atoms with Crippen LogP contribution >= 0.6 is 0 Å². The number of amides is 1. The number of carbonyl (C=O) groups is 2. The number of rotatable bonds is 4. The maximum Gasteiger partial charge on any atom is 0.323 e. The molecule has 1 aliphatic rings. The Morgan fingerprint density at radius 2 is 2.00 bits per heavy atom. The van der Waals surface area contributed by atoms with Gasteiger partial charge < -0.3 is 15.0 Å². The van der Waals surface area contributed by atoms with Crippen LogP contribution in [0, 0.1) is 0 Å². The largest absolute Gasteiger partial charge is 0.480 e. The molecule has 0 spiro atoms. The van der Waals surface area contributed by atoms with Crippen LogP contribution in [0.5, 0.6) is 0 Å². The molecule has 3 rings (SSSR count). The van der Waals surface area contributed by atoms with E-state index in [1.807, 2.05) is 18.2 Å². The Morgan fingerprint density at radius 1 is 1.24 bits per heavy atom. The Morgan fingerprint density at radius 3 is 2.71 bits per heavy atom. The van der Waals surface area contributed by atoms with Crippen LogP contribution < -0.4 is 0 Å². The monoisotopic (exact) mass is 286 g/mol. The molecule has 1 aromatic carbocycles. The quantitative estimate of drug-likeness (QED) is 0.907. The zero-order valence-corrected chi connectivity index (χ0v) is 11.7. The minimum absolute atomic E-state index is 0.0443. The first-order valence-electron chi connectivity index (χ1n) is 7.25. The molecule has 1 saturated carbocycles. The normalized spacial score (nSPS) is 15.4. The maximum absolute atomic E-state index is 12.8. The summed E-state index contributed by atoms with van der Waals surface area (Å²) < 4.78 is 0. The fraction of sp³-hybridized carbons (Fsp3) is 0.375. The number of hydrogen-bond acceptors (Lipinski definition) is 2. The van der Waals surface area contributed by atoms with Crippen molar-refractivity contribution >= 4 is 22.8 Å². The average molecular weight is 286 g/mol. The van der Waals surface area contributed by atoms with Gasteiger partial charge in [0.2, 0.25) is 0 Å². The number of benzene rings is 1. The Kier molecular flexibility index (Phi) is 3.64. The van der Waals surface area contributed by atoms with Crippen molar-refractivity contribution in [2.75, 3.05) is 6.54 Å². The molecule has 1 heterocycles. The van der Waals surface area contributed by atoms with Crippen LogP contribution in [0.1, 0.15) is 36.0 Å². The second kappa shape index (κ2) is 5.60.